The average Bonchev–Trinajstić information content (AvgIpc) is 2.99. The van der Waals surface area contributed by atoms with Crippen LogP contribution in [-0.2, 0) is 16.4 Å². The molecule has 1 atom stereocenters. The third kappa shape index (κ3) is 4.34. The summed E-state index contributed by atoms with van der Waals surface area (Å²) in [6.07, 6.45) is 3.07. The van der Waals surface area contributed by atoms with Crippen molar-refractivity contribution in [3.8, 4) is 0 Å². The van der Waals surface area contributed by atoms with Crippen LogP contribution < -0.4 is 10.5 Å². The number of thiazole rings is 1. The van der Waals surface area contributed by atoms with Crippen LogP contribution in [0.2, 0.25) is 0 Å². The maximum atomic E-state index is 12.3. The van der Waals surface area contributed by atoms with E-state index in [1.807, 2.05) is 18.4 Å². The Bertz CT molecular complexity index is 669. The standard InChI is InChI=1S/C14H19N3O2S2/c1-2-13(15)11-4-3-5-12(10-11)21(18,19)17-7-6-14-16-8-9-20-14/h3-5,8-10,13,17H,2,6-7,15H2,1H3. The fourth-order valence-corrected chi connectivity index (χ4v) is 3.61. The van der Waals surface area contributed by atoms with Gasteiger partial charge >= 0.3 is 0 Å². The minimum absolute atomic E-state index is 0.143. The van der Waals surface area contributed by atoms with Crippen LogP contribution >= 0.6 is 11.3 Å². The summed E-state index contributed by atoms with van der Waals surface area (Å²) in [6.45, 7) is 2.30. The quantitative estimate of drug-likeness (QED) is 0.816. The molecule has 5 nitrogen and oxygen atoms in total. The van der Waals surface area contributed by atoms with Crippen molar-refractivity contribution in [2.45, 2.75) is 30.7 Å². The molecule has 1 aromatic carbocycles. The maximum absolute atomic E-state index is 12.3. The third-order valence-electron chi connectivity index (χ3n) is 3.15. The topological polar surface area (TPSA) is 85.1 Å². The predicted octanol–water partition coefficient (Wildman–Crippen LogP) is 2.07. The first kappa shape index (κ1) is 16.1. The number of nitrogens with one attached hydrogen (secondary N) is 1. The molecule has 0 amide bonds. The van der Waals surface area contributed by atoms with Gasteiger partial charge in [0.05, 0.1) is 9.90 Å². The van der Waals surface area contributed by atoms with Gasteiger partial charge in [0.2, 0.25) is 10.0 Å². The number of rotatable bonds is 7. The van der Waals surface area contributed by atoms with E-state index in [4.69, 9.17) is 5.73 Å². The highest BCUT2D eigenvalue weighted by Crippen LogP contribution is 2.18. The summed E-state index contributed by atoms with van der Waals surface area (Å²) >= 11 is 1.52. The first-order valence-corrected chi connectivity index (χ1v) is 9.13. The maximum Gasteiger partial charge on any atom is 0.240 e. The van der Waals surface area contributed by atoms with Gasteiger partial charge in [0.1, 0.15) is 0 Å². The molecule has 0 aliphatic heterocycles. The largest absolute Gasteiger partial charge is 0.324 e. The van der Waals surface area contributed by atoms with Gasteiger partial charge < -0.3 is 5.73 Å². The number of nitrogens with zero attached hydrogens (tertiary/aromatic N) is 1. The summed E-state index contributed by atoms with van der Waals surface area (Å²) in [4.78, 5) is 4.38. The third-order valence-corrected chi connectivity index (χ3v) is 5.45. The van der Waals surface area contributed by atoms with Gasteiger partial charge in [0.15, 0.2) is 0 Å². The Balaban J connectivity index is 2.05. The molecule has 1 heterocycles. The average molecular weight is 325 g/mol. The van der Waals surface area contributed by atoms with Crippen LogP contribution in [-0.4, -0.2) is 19.9 Å². The molecule has 1 unspecified atom stereocenters. The van der Waals surface area contributed by atoms with Gasteiger partial charge in [0.25, 0.3) is 0 Å². The van der Waals surface area contributed by atoms with Crippen LogP contribution in [0.3, 0.4) is 0 Å². The normalized spacial score (nSPS) is 13.2. The molecule has 0 saturated heterocycles. The second-order valence-corrected chi connectivity index (χ2v) is 7.41. The minimum Gasteiger partial charge on any atom is -0.324 e. The van der Waals surface area contributed by atoms with Gasteiger partial charge in [0, 0.05) is 30.6 Å². The lowest BCUT2D eigenvalue weighted by molar-refractivity contribution is 0.581. The monoisotopic (exact) mass is 325 g/mol. The Kier molecular flexibility index (Phi) is 5.46. The second-order valence-electron chi connectivity index (χ2n) is 4.66. The number of benzene rings is 1. The van der Waals surface area contributed by atoms with Crippen LogP contribution in [0.15, 0.2) is 40.7 Å². The predicted molar refractivity (Wildman–Crippen MR) is 84.7 cm³/mol. The highest BCUT2D eigenvalue weighted by molar-refractivity contribution is 7.89. The summed E-state index contributed by atoms with van der Waals surface area (Å²) in [5, 5.41) is 2.79. The number of hydrogen-bond donors (Lipinski definition) is 2. The van der Waals surface area contributed by atoms with Crippen LogP contribution in [0.25, 0.3) is 0 Å². The molecule has 7 heteroatoms. The van der Waals surface area contributed by atoms with E-state index in [0.717, 1.165) is 17.0 Å². The highest BCUT2D eigenvalue weighted by Gasteiger charge is 2.15. The number of hydrogen-bond acceptors (Lipinski definition) is 5. The molecular weight excluding hydrogens is 306 g/mol. The second kappa shape index (κ2) is 7.13. The van der Waals surface area contributed by atoms with E-state index in [9.17, 15) is 8.42 Å². The molecule has 1 aromatic heterocycles. The van der Waals surface area contributed by atoms with Gasteiger partial charge in [-0.15, -0.1) is 11.3 Å². The Hall–Kier alpha value is -1.28. The van der Waals surface area contributed by atoms with Crippen molar-refractivity contribution < 1.29 is 8.42 Å². The molecular formula is C14H19N3O2S2. The number of nitrogens with two attached hydrogens (primary N) is 1. The SMILES string of the molecule is CCC(N)c1cccc(S(=O)(=O)NCCc2nccs2)c1. The minimum atomic E-state index is -3.51. The summed E-state index contributed by atoms with van der Waals surface area (Å²) in [6, 6.07) is 6.65. The Morgan fingerprint density at radius 3 is 2.90 bits per heavy atom. The van der Waals surface area contributed by atoms with E-state index in [0.29, 0.717) is 13.0 Å². The molecule has 2 aromatic rings. The molecule has 21 heavy (non-hydrogen) atoms. The summed E-state index contributed by atoms with van der Waals surface area (Å²) in [5.41, 5.74) is 6.78. The van der Waals surface area contributed by atoms with Crippen molar-refractivity contribution in [2.75, 3.05) is 6.54 Å². The molecule has 2 rings (SSSR count). The van der Waals surface area contributed by atoms with Crippen LogP contribution in [0.5, 0.6) is 0 Å². The van der Waals surface area contributed by atoms with E-state index in [-0.39, 0.29) is 10.9 Å². The Labute approximate surface area is 129 Å². The smallest absolute Gasteiger partial charge is 0.240 e. The van der Waals surface area contributed by atoms with Gasteiger partial charge in [-0.2, -0.15) is 0 Å². The van der Waals surface area contributed by atoms with Gasteiger partial charge in [-0.05, 0) is 24.1 Å². The zero-order valence-corrected chi connectivity index (χ0v) is 13.5. The van der Waals surface area contributed by atoms with E-state index >= 15 is 0 Å². The molecule has 0 saturated carbocycles. The van der Waals surface area contributed by atoms with Crippen molar-refractivity contribution >= 4 is 21.4 Å². The van der Waals surface area contributed by atoms with Crippen LogP contribution in [0.4, 0.5) is 0 Å². The van der Waals surface area contributed by atoms with Crippen molar-refractivity contribution in [3.63, 3.8) is 0 Å². The van der Waals surface area contributed by atoms with Crippen molar-refractivity contribution in [1.29, 1.82) is 0 Å². The molecule has 0 radical (unpaired) electrons. The first-order chi connectivity index (χ1) is 10.0. The molecule has 114 valence electrons. The summed E-state index contributed by atoms with van der Waals surface area (Å²) < 4.78 is 27.1. The highest BCUT2D eigenvalue weighted by atomic mass is 32.2. The lowest BCUT2D eigenvalue weighted by Gasteiger charge is -2.11. The number of aromatic nitrogens is 1. The molecule has 0 bridgehead atoms. The molecule has 0 spiro atoms. The Morgan fingerprint density at radius 2 is 2.24 bits per heavy atom. The molecule has 0 fully saturated rings. The zero-order valence-electron chi connectivity index (χ0n) is 11.8. The summed E-state index contributed by atoms with van der Waals surface area (Å²) in [5.74, 6) is 0. The fraction of sp³-hybridized carbons (Fsp3) is 0.357. The molecule has 0 aliphatic carbocycles. The van der Waals surface area contributed by atoms with Crippen LogP contribution in [0, 0.1) is 0 Å². The van der Waals surface area contributed by atoms with Crippen molar-refractivity contribution in [2.24, 2.45) is 5.73 Å². The van der Waals surface area contributed by atoms with E-state index < -0.39 is 10.0 Å². The lowest BCUT2D eigenvalue weighted by Crippen LogP contribution is -2.26. The zero-order chi connectivity index (χ0) is 15.3. The van der Waals surface area contributed by atoms with Gasteiger partial charge in [-0.25, -0.2) is 18.1 Å². The summed E-state index contributed by atoms with van der Waals surface area (Å²) in [7, 11) is -3.51. The molecule has 0 aliphatic rings. The van der Waals surface area contributed by atoms with Crippen molar-refractivity contribution in [1.82, 2.24) is 9.71 Å². The molecule has 3 N–H and O–H groups in total. The van der Waals surface area contributed by atoms with E-state index in [2.05, 4.69) is 9.71 Å². The van der Waals surface area contributed by atoms with Crippen molar-refractivity contribution in [3.05, 3.63) is 46.4 Å². The van der Waals surface area contributed by atoms with Gasteiger partial charge in [-0.3, -0.25) is 0 Å². The van der Waals surface area contributed by atoms with E-state index in [1.54, 1.807) is 24.4 Å². The van der Waals surface area contributed by atoms with E-state index in [1.165, 1.54) is 11.3 Å². The van der Waals surface area contributed by atoms with Crippen LogP contribution in [0.1, 0.15) is 30.0 Å². The van der Waals surface area contributed by atoms with Gasteiger partial charge in [-0.1, -0.05) is 19.1 Å². The Morgan fingerprint density at radius 1 is 1.43 bits per heavy atom. The lowest BCUT2D eigenvalue weighted by atomic mass is 10.1. The fourth-order valence-electron chi connectivity index (χ4n) is 1.90. The first-order valence-electron chi connectivity index (χ1n) is 6.76. The number of sulfonamides is 1.